The van der Waals surface area contributed by atoms with E-state index in [-0.39, 0.29) is 11.8 Å². The summed E-state index contributed by atoms with van der Waals surface area (Å²) in [6, 6.07) is 8.37. The van der Waals surface area contributed by atoms with Crippen LogP contribution in [0.15, 0.2) is 34.9 Å². The molecule has 1 saturated carbocycles. The van der Waals surface area contributed by atoms with Gasteiger partial charge in [-0.1, -0.05) is 35.0 Å². The minimum Gasteiger partial charge on any atom is -0.480 e. The molecule has 6 heteroatoms. The van der Waals surface area contributed by atoms with Crippen LogP contribution in [-0.2, 0) is 4.79 Å². The Balaban J connectivity index is 1.85. The largest absolute Gasteiger partial charge is 0.480 e. The van der Waals surface area contributed by atoms with Crippen molar-refractivity contribution in [2.45, 2.75) is 38.8 Å². The molecule has 23 heavy (non-hydrogen) atoms. The van der Waals surface area contributed by atoms with E-state index >= 15 is 0 Å². The first-order chi connectivity index (χ1) is 11.0. The molecule has 3 rings (SSSR count). The second kappa shape index (κ2) is 5.87. The molecule has 0 saturated heterocycles. The smallest absolute Gasteiger partial charge is 0.326 e. The standard InChI is InChI=1S/C17H18N2O4/c1-10-3-5-12(6-4-10)14-9-15(23-18-14)16(20)19(13-7-8-13)11(2)17(21)22/h3-6,9,11,13H,7-8H2,1-2H3,(H,21,22). The van der Waals surface area contributed by atoms with Crippen molar-refractivity contribution >= 4 is 11.9 Å². The minimum absolute atomic E-state index is 0.0264. The maximum absolute atomic E-state index is 12.6. The Morgan fingerprint density at radius 1 is 1.30 bits per heavy atom. The number of hydrogen-bond acceptors (Lipinski definition) is 4. The van der Waals surface area contributed by atoms with Crippen LogP contribution >= 0.6 is 0 Å². The van der Waals surface area contributed by atoms with Crippen LogP contribution in [0.25, 0.3) is 11.3 Å². The third-order valence-corrected chi connectivity index (χ3v) is 4.02. The van der Waals surface area contributed by atoms with Gasteiger partial charge in [0, 0.05) is 17.7 Å². The summed E-state index contributed by atoms with van der Waals surface area (Å²) < 4.78 is 5.17. The molecule has 1 aliphatic rings. The summed E-state index contributed by atoms with van der Waals surface area (Å²) in [7, 11) is 0. The van der Waals surface area contributed by atoms with Gasteiger partial charge in [-0.2, -0.15) is 0 Å². The van der Waals surface area contributed by atoms with E-state index in [2.05, 4.69) is 5.16 Å². The minimum atomic E-state index is -1.02. The molecule has 1 aromatic carbocycles. The first kappa shape index (κ1) is 15.3. The van der Waals surface area contributed by atoms with Crippen molar-refractivity contribution in [2.75, 3.05) is 0 Å². The lowest BCUT2D eigenvalue weighted by Gasteiger charge is -2.25. The molecular formula is C17H18N2O4. The third-order valence-electron chi connectivity index (χ3n) is 4.02. The van der Waals surface area contributed by atoms with Gasteiger partial charge in [0.2, 0.25) is 5.76 Å². The number of aliphatic carboxylic acids is 1. The van der Waals surface area contributed by atoms with Crippen LogP contribution < -0.4 is 0 Å². The molecule has 0 aliphatic heterocycles. The van der Waals surface area contributed by atoms with Crippen molar-refractivity contribution in [3.8, 4) is 11.3 Å². The predicted octanol–water partition coefficient (Wildman–Crippen LogP) is 2.73. The number of aromatic nitrogens is 1. The molecule has 0 spiro atoms. The molecule has 1 fully saturated rings. The van der Waals surface area contributed by atoms with E-state index in [0.29, 0.717) is 5.69 Å². The molecule has 1 unspecified atom stereocenters. The highest BCUT2D eigenvalue weighted by atomic mass is 16.5. The van der Waals surface area contributed by atoms with Gasteiger partial charge in [-0.3, -0.25) is 4.79 Å². The number of aryl methyl sites for hydroxylation is 1. The zero-order valence-electron chi connectivity index (χ0n) is 13.0. The average molecular weight is 314 g/mol. The summed E-state index contributed by atoms with van der Waals surface area (Å²) in [5.74, 6) is -1.38. The van der Waals surface area contributed by atoms with Crippen molar-refractivity contribution in [1.82, 2.24) is 10.1 Å². The second-order valence-electron chi connectivity index (χ2n) is 5.90. The van der Waals surface area contributed by atoms with Crippen molar-refractivity contribution < 1.29 is 19.2 Å². The summed E-state index contributed by atoms with van der Waals surface area (Å²) in [4.78, 5) is 25.2. The predicted molar refractivity (Wildman–Crippen MR) is 83.0 cm³/mol. The quantitative estimate of drug-likeness (QED) is 0.917. The van der Waals surface area contributed by atoms with Gasteiger partial charge in [-0.15, -0.1) is 0 Å². The third kappa shape index (κ3) is 3.11. The molecule has 1 heterocycles. The van der Waals surface area contributed by atoms with Crippen LogP contribution in [0.5, 0.6) is 0 Å². The zero-order chi connectivity index (χ0) is 16.6. The molecule has 120 valence electrons. The molecule has 6 nitrogen and oxygen atoms in total. The molecule has 1 aliphatic carbocycles. The number of carbonyl (C=O) groups is 2. The fraction of sp³-hybridized carbons (Fsp3) is 0.353. The fourth-order valence-electron chi connectivity index (χ4n) is 2.49. The number of amides is 1. The van der Waals surface area contributed by atoms with E-state index in [1.165, 1.54) is 11.8 Å². The Bertz CT molecular complexity index is 731. The first-order valence-corrected chi connectivity index (χ1v) is 7.56. The summed E-state index contributed by atoms with van der Waals surface area (Å²) >= 11 is 0. The summed E-state index contributed by atoms with van der Waals surface area (Å²) in [5, 5.41) is 13.1. The molecule has 0 radical (unpaired) electrons. The van der Waals surface area contributed by atoms with E-state index < -0.39 is 17.9 Å². The normalized spacial score (nSPS) is 15.2. The highest BCUT2D eigenvalue weighted by Crippen LogP contribution is 2.31. The molecule has 1 amide bonds. The monoisotopic (exact) mass is 314 g/mol. The van der Waals surface area contributed by atoms with Crippen LogP contribution in [-0.4, -0.2) is 39.1 Å². The maximum Gasteiger partial charge on any atom is 0.326 e. The van der Waals surface area contributed by atoms with E-state index in [4.69, 9.17) is 4.52 Å². The lowest BCUT2D eigenvalue weighted by molar-refractivity contribution is -0.141. The fourth-order valence-corrected chi connectivity index (χ4v) is 2.49. The topological polar surface area (TPSA) is 83.6 Å². The van der Waals surface area contributed by atoms with Gasteiger partial charge < -0.3 is 14.5 Å². The number of hydrogen-bond donors (Lipinski definition) is 1. The van der Waals surface area contributed by atoms with E-state index in [1.807, 2.05) is 31.2 Å². The zero-order valence-corrected chi connectivity index (χ0v) is 13.0. The highest BCUT2D eigenvalue weighted by Gasteiger charge is 2.40. The molecule has 1 aromatic heterocycles. The van der Waals surface area contributed by atoms with E-state index in [0.717, 1.165) is 24.0 Å². The Labute approximate surface area is 133 Å². The van der Waals surface area contributed by atoms with Gasteiger partial charge in [-0.25, -0.2) is 4.79 Å². The number of rotatable bonds is 5. The number of nitrogens with zero attached hydrogens (tertiary/aromatic N) is 2. The van der Waals surface area contributed by atoms with E-state index in [9.17, 15) is 14.7 Å². The van der Waals surface area contributed by atoms with Crippen LogP contribution in [0.4, 0.5) is 0 Å². The number of carboxylic acid groups (broad SMARTS) is 1. The molecular weight excluding hydrogens is 296 g/mol. The molecule has 1 N–H and O–H groups in total. The van der Waals surface area contributed by atoms with Crippen molar-refractivity contribution in [2.24, 2.45) is 0 Å². The number of carbonyl (C=O) groups excluding carboxylic acids is 1. The summed E-state index contributed by atoms with van der Waals surface area (Å²) in [5.41, 5.74) is 2.54. The van der Waals surface area contributed by atoms with Gasteiger partial charge in [0.05, 0.1) is 0 Å². The second-order valence-corrected chi connectivity index (χ2v) is 5.90. The SMILES string of the molecule is Cc1ccc(-c2cc(C(=O)N(C3CC3)C(C)C(=O)O)on2)cc1. The number of carboxylic acids is 1. The summed E-state index contributed by atoms with van der Waals surface area (Å²) in [6.07, 6.45) is 1.64. The van der Waals surface area contributed by atoms with Crippen molar-refractivity contribution in [3.63, 3.8) is 0 Å². The lowest BCUT2D eigenvalue weighted by Crippen LogP contribution is -2.44. The number of benzene rings is 1. The van der Waals surface area contributed by atoms with Gasteiger partial charge in [0.25, 0.3) is 5.91 Å². The van der Waals surface area contributed by atoms with Crippen LogP contribution in [0, 0.1) is 6.92 Å². The molecule has 0 bridgehead atoms. The average Bonchev–Trinajstić information content (AvgIpc) is 3.23. The van der Waals surface area contributed by atoms with Gasteiger partial charge >= 0.3 is 5.97 Å². The van der Waals surface area contributed by atoms with Gasteiger partial charge in [0.15, 0.2) is 0 Å². The molecule has 1 atom stereocenters. The maximum atomic E-state index is 12.6. The summed E-state index contributed by atoms with van der Waals surface area (Å²) in [6.45, 7) is 3.50. The van der Waals surface area contributed by atoms with Crippen LogP contribution in [0.3, 0.4) is 0 Å². The van der Waals surface area contributed by atoms with Crippen LogP contribution in [0.2, 0.25) is 0 Å². The Morgan fingerprint density at radius 2 is 1.96 bits per heavy atom. The Kier molecular flexibility index (Phi) is 3.90. The van der Waals surface area contributed by atoms with Crippen LogP contribution in [0.1, 0.15) is 35.9 Å². The molecule has 2 aromatic rings. The first-order valence-electron chi connectivity index (χ1n) is 7.56. The Morgan fingerprint density at radius 3 is 2.52 bits per heavy atom. The van der Waals surface area contributed by atoms with Gasteiger partial charge in [-0.05, 0) is 26.7 Å². The highest BCUT2D eigenvalue weighted by molar-refractivity contribution is 5.95. The lowest BCUT2D eigenvalue weighted by atomic mass is 10.1. The van der Waals surface area contributed by atoms with Gasteiger partial charge in [0.1, 0.15) is 11.7 Å². The van der Waals surface area contributed by atoms with Crippen molar-refractivity contribution in [3.05, 3.63) is 41.7 Å². The van der Waals surface area contributed by atoms with Crippen molar-refractivity contribution in [1.29, 1.82) is 0 Å². The van der Waals surface area contributed by atoms with E-state index in [1.54, 1.807) is 6.07 Å². The Hall–Kier alpha value is -2.63.